The molecule has 0 saturated heterocycles. The van der Waals surface area contributed by atoms with Crippen molar-refractivity contribution in [2.75, 3.05) is 7.11 Å². The predicted molar refractivity (Wildman–Crippen MR) is 76.9 cm³/mol. The molecule has 0 aliphatic rings. The monoisotopic (exact) mass is 292 g/mol. The number of benzene rings is 2. The molecule has 90 valence electrons. The molecule has 0 aliphatic heterocycles. The smallest absolute Gasteiger partial charge is 0.130 e. The van der Waals surface area contributed by atoms with E-state index in [9.17, 15) is 0 Å². The van der Waals surface area contributed by atoms with Gasteiger partial charge in [-0.3, -0.25) is 0 Å². The van der Waals surface area contributed by atoms with Crippen molar-refractivity contribution in [2.24, 2.45) is 0 Å². The Morgan fingerprint density at radius 2 is 1.71 bits per heavy atom. The van der Waals surface area contributed by atoms with Crippen LogP contribution in [0.2, 0.25) is 0 Å². The zero-order valence-electron chi connectivity index (χ0n) is 10.7. The van der Waals surface area contributed by atoms with E-state index in [0.717, 1.165) is 15.6 Å². The van der Waals surface area contributed by atoms with E-state index in [-0.39, 0.29) is 5.41 Å². The van der Waals surface area contributed by atoms with Crippen molar-refractivity contribution in [2.45, 2.75) is 26.2 Å². The minimum absolute atomic E-state index is 0.0852. The molecule has 0 fully saturated rings. The van der Waals surface area contributed by atoms with E-state index < -0.39 is 0 Å². The molecule has 0 unspecified atom stereocenters. The van der Waals surface area contributed by atoms with Crippen LogP contribution in [0.4, 0.5) is 0 Å². The van der Waals surface area contributed by atoms with Crippen molar-refractivity contribution < 1.29 is 4.74 Å². The van der Waals surface area contributed by atoms with Crippen molar-refractivity contribution in [3.8, 4) is 5.75 Å². The topological polar surface area (TPSA) is 9.23 Å². The maximum Gasteiger partial charge on any atom is 0.130 e. The van der Waals surface area contributed by atoms with Gasteiger partial charge >= 0.3 is 0 Å². The summed E-state index contributed by atoms with van der Waals surface area (Å²) in [6.45, 7) is 6.61. The van der Waals surface area contributed by atoms with Gasteiger partial charge in [0.1, 0.15) is 5.75 Å². The first-order valence-corrected chi connectivity index (χ1v) is 6.49. The summed E-state index contributed by atoms with van der Waals surface area (Å²) in [7, 11) is 1.74. The van der Waals surface area contributed by atoms with E-state index in [1.165, 1.54) is 10.9 Å². The van der Waals surface area contributed by atoms with Crippen LogP contribution in [-0.2, 0) is 5.41 Å². The van der Waals surface area contributed by atoms with Gasteiger partial charge < -0.3 is 4.74 Å². The summed E-state index contributed by atoms with van der Waals surface area (Å²) in [5.74, 6) is 0.983. The normalized spacial score (nSPS) is 11.8. The molecule has 1 nitrogen and oxygen atoms in total. The van der Waals surface area contributed by atoms with Crippen molar-refractivity contribution >= 4 is 26.7 Å². The maximum atomic E-state index is 5.62. The molecule has 2 heteroatoms. The fourth-order valence-electron chi connectivity index (χ4n) is 2.07. The zero-order valence-corrected chi connectivity index (χ0v) is 12.3. The zero-order chi connectivity index (χ0) is 12.6. The molecule has 0 bridgehead atoms. The van der Waals surface area contributed by atoms with E-state index in [0.29, 0.717) is 0 Å². The van der Waals surface area contributed by atoms with Gasteiger partial charge in [0, 0.05) is 15.4 Å². The lowest BCUT2D eigenvalue weighted by Gasteiger charge is -2.23. The Morgan fingerprint density at radius 3 is 2.29 bits per heavy atom. The summed E-state index contributed by atoms with van der Waals surface area (Å²) < 4.78 is 6.70. The van der Waals surface area contributed by atoms with E-state index >= 15 is 0 Å². The van der Waals surface area contributed by atoms with Crippen molar-refractivity contribution in [3.63, 3.8) is 0 Å². The van der Waals surface area contributed by atoms with Gasteiger partial charge in [0.25, 0.3) is 0 Å². The molecule has 0 radical (unpaired) electrons. The second-order valence-electron chi connectivity index (χ2n) is 5.26. The quantitative estimate of drug-likeness (QED) is 0.726. The van der Waals surface area contributed by atoms with Gasteiger partial charge in [-0.05, 0) is 22.9 Å². The number of hydrogen-bond donors (Lipinski definition) is 0. The third-order valence-corrected chi connectivity index (χ3v) is 3.44. The average molecular weight is 293 g/mol. The molecular formula is C15H17BrO. The highest BCUT2D eigenvalue weighted by Crippen LogP contribution is 2.37. The summed E-state index contributed by atoms with van der Waals surface area (Å²) in [6.07, 6.45) is 0. The van der Waals surface area contributed by atoms with Crippen LogP contribution in [-0.4, -0.2) is 7.11 Å². The largest absolute Gasteiger partial charge is 0.496 e. The van der Waals surface area contributed by atoms with Crippen molar-refractivity contribution in [1.82, 2.24) is 0 Å². The van der Waals surface area contributed by atoms with Gasteiger partial charge in [-0.2, -0.15) is 0 Å². The number of fused-ring (bicyclic) bond motifs is 1. The van der Waals surface area contributed by atoms with Crippen LogP contribution in [0.3, 0.4) is 0 Å². The molecule has 0 heterocycles. The first-order chi connectivity index (χ1) is 7.93. The van der Waals surface area contributed by atoms with E-state index in [1.54, 1.807) is 7.11 Å². The molecule has 0 atom stereocenters. The van der Waals surface area contributed by atoms with Gasteiger partial charge in [0.05, 0.1) is 7.11 Å². The first-order valence-electron chi connectivity index (χ1n) is 5.70. The maximum absolute atomic E-state index is 5.62. The van der Waals surface area contributed by atoms with Crippen LogP contribution < -0.4 is 4.74 Å². The van der Waals surface area contributed by atoms with Crippen LogP contribution in [0.5, 0.6) is 5.75 Å². The number of methoxy groups -OCH3 is 1. The summed E-state index contributed by atoms with van der Waals surface area (Å²) in [4.78, 5) is 0. The molecule has 2 aromatic carbocycles. The van der Waals surface area contributed by atoms with Gasteiger partial charge in [-0.15, -0.1) is 0 Å². The van der Waals surface area contributed by atoms with Gasteiger partial charge in [-0.25, -0.2) is 0 Å². The third-order valence-electron chi connectivity index (χ3n) is 2.95. The highest BCUT2D eigenvalue weighted by Gasteiger charge is 2.20. The number of hydrogen-bond acceptors (Lipinski definition) is 1. The number of rotatable bonds is 1. The van der Waals surface area contributed by atoms with E-state index in [4.69, 9.17) is 4.74 Å². The summed E-state index contributed by atoms with van der Waals surface area (Å²) in [6, 6.07) is 10.6. The SMILES string of the molecule is COc1c(C(C)(C)C)ccc2ccc(Br)cc12. The lowest BCUT2D eigenvalue weighted by Crippen LogP contribution is -2.12. The fraction of sp³-hybridized carbons (Fsp3) is 0.333. The van der Waals surface area contributed by atoms with Gasteiger partial charge in [-0.1, -0.05) is 54.9 Å². The Labute approximate surface area is 111 Å². The molecule has 0 N–H and O–H groups in total. The first kappa shape index (κ1) is 12.4. The molecular weight excluding hydrogens is 276 g/mol. The molecule has 0 saturated carbocycles. The molecule has 0 aliphatic carbocycles. The minimum Gasteiger partial charge on any atom is -0.496 e. The van der Waals surface area contributed by atoms with E-state index in [1.807, 2.05) is 0 Å². The van der Waals surface area contributed by atoms with Crippen molar-refractivity contribution in [3.05, 3.63) is 40.4 Å². The van der Waals surface area contributed by atoms with Crippen LogP contribution in [0.15, 0.2) is 34.8 Å². The Balaban J connectivity index is 2.81. The Kier molecular flexibility index (Phi) is 3.17. The Hall–Kier alpha value is -1.02. The van der Waals surface area contributed by atoms with Gasteiger partial charge in [0.2, 0.25) is 0 Å². The van der Waals surface area contributed by atoms with Crippen LogP contribution >= 0.6 is 15.9 Å². The molecule has 2 aromatic rings. The lowest BCUT2D eigenvalue weighted by molar-refractivity contribution is 0.402. The highest BCUT2D eigenvalue weighted by atomic mass is 79.9. The molecule has 17 heavy (non-hydrogen) atoms. The Morgan fingerprint density at radius 1 is 1.06 bits per heavy atom. The van der Waals surface area contributed by atoms with Crippen LogP contribution in [0, 0.1) is 0 Å². The number of ether oxygens (including phenoxy) is 1. The lowest BCUT2D eigenvalue weighted by atomic mass is 9.85. The molecule has 0 amide bonds. The molecule has 2 rings (SSSR count). The van der Waals surface area contributed by atoms with E-state index in [2.05, 4.69) is 67.0 Å². The molecule has 0 spiro atoms. The third kappa shape index (κ3) is 2.32. The summed E-state index contributed by atoms with van der Waals surface area (Å²) in [5, 5.41) is 2.37. The standard InChI is InChI=1S/C15H17BrO/c1-15(2,3)13-8-6-10-5-7-11(16)9-12(10)14(13)17-4/h5-9H,1-4H3. The Bertz CT molecular complexity index is 553. The number of halogens is 1. The highest BCUT2D eigenvalue weighted by molar-refractivity contribution is 9.10. The second-order valence-corrected chi connectivity index (χ2v) is 6.18. The van der Waals surface area contributed by atoms with Crippen LogP contribution in [0.25, 0.3) is 10.8 Å². The predicted octanol–water partition coefficient (Wildman–Crippen LogP) is 4.91. The minimum atomic E-state index is 0.0852. The van der Waals surface area contributed by atoms with Gasteiger partial charge in [0.15, 0.2) is 0 Å². The second kappa shape index (κ2) is 4.34. The van der Waals surface area contributed by atoms with Crippen molar-refractivity contribution in [1.29, 1.82) is 0 Å². The summed E-state index contributed by atoms with van der Waals surface area (Å²) >= 11 is 3.52. The van der Waals surface area contributed by atoms with Crippen LogP contribution in [0.1, 0.15) is 26.3 Å². The average Bonchev–Trinajstić information content (AvgIpc) is 2.26. The summed E-state index contributed by atoms with van der Waals surface area (Å²) in [5.41, 5.74) is 1.33. The fourth-order valence-corrected chi connectivity index (χ4v) is 2.44. The molecule has 0 aromatic heterocycles.